The summed E-state index contributed by atoms with van der Waals surface area (Å²) in [5.74, 6) is -0.145. The number of anilines is 1. The number of rotatable bonds is 5. The van der Waals surface area contributed by atoms with E-state index >= 15 is 0 Å². The molecule has 0 spiro atoms. The Morgan fingerprint density at radius 2 is 1.96 bits per heavy atom. The Kier molecular flexibility index (Phi) is 4.81. The molecule has 0 bridgehead atoms. The summed E-state index contributed by atoms with van der Waals surface area (Å²) < 4.78 is 0. The van der Waals surface area contributed by atoms with Crippen LogP contribution >= 0.6 is 11.3 Å². The number of carbonyl (C=O) groups is 1. The van der Waals surface area contributed by atoms with Crippen molar-refractivity contribution in [2.75, 3.05) is 5.73 Å². The van der Waals surface area contributed by atoms with Crippen LogP contribution in [-0.4, -0.2) is 10.9 Å². The second kappa shape index (κ2) is 7.01. The van der Waals surface area contributed by atoms with Gasteiger partial charge in [0.15, 0.2) is 0 Å². The Morgan fingerprint density at radius 1 is 1.21 bits per heavy atom. The molecule has 124 valence electrons. The quantitative estimate of drug-likeness (QED) is 0.736. The maximum atomic E-state index is 12.5. The van der Waals surface area contributed by atoms with E-state index in [-0.39, 0.29) is 5.91 Å². The highest BCUT2D eigenvalue weighted by Gasteiger charge is 2.17. The predicted octanol–water partition coefficient (Wildman–Crippen LogP) is 4.07. The van der Waals surface area contributed by atoms with Crippen LogP contribution in [0.2, 0.25) is 0 Å². The van der Waals surface area contributed by atoms with E-state index in [0.717, 1.165) is 34.3 Å². The van der Waals surface area contributed by atoms with E-state index in [1.54, 1.807) is 0 Å². The summed E-state index contributed by atoms with van der Waals surface area (Å²) in [4.78, 5) is 18.5. The van der Waals surface area contributed by atoms with Gasteiger partial charge in [-0.2, -0.15) is 0 Å². The maximum Gasteiger partial charge on any atom is 0.263 e. The van der Waals surface area contributed by atoms with Crippen molar-refractivity contribution < 1.29 is 4.79 Å². The Morgan fingerprint density at radius 3 is 2.67 bits per heavy atom. The topological polar surface area (TPSA) is 68.0 Å². The number of amides is 1. The van der Waals surface area contributed by atoms with E-state index < -0.39 is 0 Å². The third kappa shape index (κ3) is 3.41. The third-order valence-corrected chi connectivity index (χ3v) is 5.05. The third-order valence-electron chi connectivity index (χ3n) is 3.94. The molecule has 0 fully saturated rings. The molecule has 0 unspecified atom stereocenters. The van der Waals surface area contributed by atoms with Gasteiger partial charge in [-0.1, -0.05) is 43.2 Å². The van der Waals surface area contributed by atoms with E-state index in [0.29, 0.717) is 17.1 Å². The highest BCUT2D eigenvalue weighted by molar-refractivity contribution is 7.21. The number of nitrogen functional groups attached to an aromatic ring is 1. The number of fused-ring (bicyclic) bond motifs is 1. The van der Waals surface area contributed by atoms with Gasteiger partial charge in [0.25, 0.3) is 5.91 Å². The monoisotopic (exact) mass is 339 g/mol. The van der Waals surface area contributed by atoms with Crippen LogP contribution in [0.5, 0.6) is 0 Å². The van der Waals surface area contributed by atoms with E-state index in [1.807, 2.05) is 43.3 Å². The minimum absolute atomic E-state index is 0.145. The lowest BCUT2D eigenvalue weighted by Gasteiger charge is -2.05. The number of thiophene rings is 1. The van der Waals surface area contributed by atoms with Gasteiger partial charge in [-0.15, -0.1) is 11.3 Å². The van der Waals surface area contributed by atoms with E-state index in [1.165, 1.54) is 16.9 Å². The first kappa shape index (κ1) is 16.5. The summed E-state index contributed by atoms with van der Waals surface area (Å²) in [6.45, 7) is 4.65. The average molecular weight is 339 g/mol. The Labute approximate surface area is 145 Å². The number of nitrogens with two attached hydrogens (primary N) is 1. The van der Waals surface area contributed by atoms with Crippen molar-refractivity contribution in [1.29, 1.82) is 0 Å². The molecule has 5 heteroatoms. The van der Waals surface area contributed by atoms with Gasteiger partial charge in [-0.3, -0.25) is 4.79 Å². The van der Waals surface area contributed by atoms with Gasteiger partial charge in [-0.25, -0.2) is 4.98 Å². The predicted molar refractivity (Wildman–Crippen MR) is 100 cm³/mol. The number of benzene rings is 1. The molecule has 0 aliphatic heterocycles. The summed E-state index contributed by atoms with van der Waals surface area (Å²) in [6, 6.07) is 12.1. The molecule has 0 radical (unpaired) electrons. The van der Waals surface area contributed by atoms with Crippen molar-refractivity contribution in [2.45, 2.75) is 33.2 Å². The largest absolute Gasteiger partial charge is 0.397 e. The zero-order valence-corrected chi connectivity index (χ0v) is 14.7. The van der Waals surface area contributed by atoms with Crippen LogP contribution < -0.4 is 11.1 Å². The molecule has 0 aliphatic rings. The molecule has 2 heterocycles. The van der Waals surface area contributed by atoms with Gasteiger partial charge in [0.2, 0.25) is 0 Å². The van der Waals surface area contributed by atoms with Crippen molar-refractivity contribution in [2.24, 2.45) is 0 Å². The zero-order valence-electron chi connectivity index (χ0n) is 13.9. The summed E-state index contributed by atoms with van der Waals surface area (Å²) in [5, 5.41) is 3.80. The number of hydrogen-bond acceptors (Lipinski definition) is 4. The lowest BCUT2D eigenvalue weighted by atomic mass is 10.1. The van der Waals surface area contributed by atoms with Gasteiger partial charge >= 0.3 is 0 Å². The molecule has 1 aromatic carbocycles. The average Bonchev–Trinajstić information content (AvgIpc) is 2.91. The van der Waals surface area contributed by atoms with Gasteiger partial charge < -0.3 is 11.1 Å². The molecular weight excluding hydrogens is 318 g/mol. The number of pyridine rings is 1. The van der Waals surface area contributed by atoms with E-state index in [9.17, 15) is 4.79 Å². The Balaban J connectivity index is 1.78. The molecule has 0 aliphatic carbocycles. The fraction of sp³-hybridized carbons (Fsp3) is 0.263. The summed E-state index contributed by atoms with van der Waals surface area (Å²) in [5.41, 5.74) is 9.99. The molecule has 1 amide bonds. The molecule has 0 saturated heterocycles. The first-order chi connectivity index (χ1) is 11.6. The summed E-state index contributed by atoms with van der Waals surface area (Å²) in [6.07, 6.45) is 1.98. The van der Waals surface area contributed by atoms with Gasteiger partial charge in [-0.05, 0) is 31.0 Å². The van der Waals surface area contributed by atoms with Gasteiger partial charge in [0.1, 0.15) is 9.71 Å². The zero-order chi connectivity index (χ0) is 17.1. The van der Waals surface area contributed by atoms with E-state index in [2.05, 4.69) is 17.2 Å². The van der Waals surface area contributed by atoms with Crippen LogP contribution in [0, 0.1) is 6.92 Å². The highest BCUT2D eigenvalue weighted by Crippen LogP contribution is 2.32. The highest BCUT2D eigenvalue weighted by atomic mass is 32.1. The summed E-state index contributed by atoms with van der Waals surface area (Å²) >= 11 is 1.36. The second-order valence-corrected chi connectivity index (χ2v) is 6.92. The number of aromatic nitrogens is 1. The lowest BCUT2D eigenvalue weighted by molar-refractivity contribution is 0.0956. The van der Waals surface area contributed by atoms with Crippen molar-refractivity contribution in [3.63, 3.8) is 0 Å². The van der Waals surface area contributed by atoms with Crippen LogP contribution in [0.25, 0.3) is 10.2 Å². The number of carbonyl (C=O) groups excluding carboxylic acids is 1. The van der Waals surface area contributed by atoms with Crippen LogP contribution in [0.3, 0.4) is 0 Å². The summed E-state index contributed by atoms with van der Waals surface area (Å²) in [7, 11) is 0. The number of nitrogens with zero attached hydrogens (tertiary/aromatic N) is 1. The SMILES string of the molecule is CCCc1ccc2c(N)c(C(=O)NCc3ccc(C)cc3)sc2n1. The fourth-order valence-electron chi connectivity index (χ4n) is 2.57. The van der Waals surface area contributed by atoms with Crippen LogP contribution in [0.1, 0.15) is 39.8 Å². The molecule has 3 aromatic rings. The van der Waals surface area contributed by atoms with Crippen molar-refractivity contribution in [3.05, 3.63) is 58.1 Å². The minimum Gasteiger partial charge on any atom is -0.397 e. The van der Waals surface area contributed by atoms with Crippen LogP contribution in [-0.2, 0) is 13.0 Å². The molecule has 3 rings (SSSR count). The van der Waals surface area contributed by atoms with E-state index in [4.69, 9.17) is 5.73 Å². The standard InChI is InChI=1S/C19H21N3OS/c1-3-4-14-9-10-15-16(20)17(24-19(15)22-14)18(23)21-11-13-7-5-12(2)6-8-13/h5-10H,3-4,11,20H2,1-2H3,(H,21,23). The van der Waals surface area contributed by atoms with Crippen molar-refractivity contribution >= 4 is 33.1 Å². The molecule has 0 atom stereocenters. The minimum atomic E-state index is -0.145. The van der Waals surface area contributed by atoms with Crippen molar-refractivity contribution in [3.8, 4) is 0 Å². The Hall–Kier alpha value is -2.40. The lowest BCUT2D eigenvalue weighted by Crippen LogP contribution is -2.22. The molecule has 3 N–H and O–H groups in total. The molecule has 24 heavy (non-hydrogen) atoms. The Bertz CT molecular complexity index is 868. The first-order valence-electron chi connectivity index (χ1n) is 8.10. The smallest absolute Gasteiger partial charge is 0.263 e. The van der Waals surface area contributed by atoms with Gasteiger partial charge in [0, 0.05) is 17.6 Å². The van der Waals surface area contributed by atoms with Gasteiger partial charge in [0.05, 0.1) is 5.69 Å². The van der Waals surface area contributed by atoms with Crippen LogP contribution in [0.15, 0.2) is 36.4 Å². The maximum absolute atomic E-state index is 12.5. The van der Waals surface area contributed by atoms with Crippen LogP contribution in [0.4, 0.5) is 5.69 Å². The molecule has 4 nitrogen and oxygen atoms in total. The second-order valence-electron chi connectivity index (χ2n) is 5.92. The number of hydrogen-bond donors (Lipinski definition) is 2. The molecule has 0 saturated carbocycles. The van der Waals surface area contributed by atoms with Crippen molar-refractivity contribution in [1.82, 2.24) is 10.3 Å². The number of aryl methyl sites for hydroxylation is 2. The first-order valence-corrected chi connectivity index (χ1v) is 8.91. The molecular formula is C19H21N3OS. The fourth-order valence-corrected chi connectivity index (χ4v) is 3.60. The normalized spacial score (nSPS) is 10.9. The number of nitrogens with one attached hydrogen (secondary N) is 1. The molecule has 2 aromatic heterocycles.